The predicted molar refractivity (Wildman–Crippen MR) is 126 cm³/mol. The van der Waals surface area contributed by atoms with Crippen LogP contribution < -0.4 is 24.8 Å². The number of anilines is 1. The summed E-state index contributed by atoms with van der Waals surface area (Å²) in [5.74, 6) is 1.63. The smallest absolute Gasteiger partial charge is 0.258 e. The lowest BCUT2D eigenvalue weighted by Crippen LogP contribution is -2.34. The molecule has 8 nitrogen and oxygen atoms in total. The van der Waals surface area contributed by atoms with Gasteiger partial charge in [-0.3, -0.25) is 9.59 Å². The third-order valence-electron chi connectivity index (χ3n) is 5.44. The van der Waals surface area contributed by atoms with Crippen LogP contribution in [0.4, 0.5) is 5.82 Å². The minimum absolute atomic E-state index is 0.0252. The number of rotatable bonds is 10. The van der Waals surface area contributed by atoms with Crippen LogP contribution in [0.25, 0.3) is 0 Å². The van der Waals surface area contributed by atoms with E-state index in [4.69, 9.17) is 14.2 Å². The van der Waals surface area contributed by atoms with Crippen LogP contribution in [0.2, 0.25) is 0 Å². The molecule has 178 valence electrons. The third kappa shape index (κ3) is 7.37. The lowest BCUT2D eigenvalue weighted by Gasteiger charge is -2.22. The van der Waals surface area contributed by atoms with Crippen LogP contribution in [0.3, 0.4) is 0 Å². The molecule has 0 bridgehead atoms. The Bertz CT molecular complexity index is 941. The number of nitrogens with one attached hydrogen (secondary N) is 2. The molecule has 2 aromatic rings. The number of nitrogens with zero attached hydrogens (tertiary/aromatic N) is 1. The molecular weight excluding hydrogens is 422 g/mol. The summed E-state index contributed by atoms with van der Waals surface area (Å²) in [6, 6.07) is 8.41. The summed E-state index contributed by atoms with van der Waals surface area (Å²) in [4.78, 5) is 29.0. The van der Waals surface area contributed by atoms with Gasteiger partial charge in [-0.25, -0.2) is 4.98 Å². The Hall–Kier alpha value is -3.29. The van der Waals surface area contributed by atoms with Crippen molar-refractivity contribution in [3.05, 3.63) is 42.1 Å². The van der Waals surface area contributed by atoms with Crippen LogP contribution in [0.15, 0.2) is 36.5 Å². The normalized spacial score (nSPS) is 13.9. The van der Waals surface area contributed by atoms with Crippen molar-refractivity contribution in [3.63, 3.8) is 0 Å². The molecule has 0 atom stereocenters. The Morgan fingerprint density at radius 3 is 2.58 bits per heavy atom. The maximum atomic E-state index is 12.9. The molecule has 1 aromatic heterocycles. The van der Waals surface area contributed by atoms with E-state index in [1.807, 2.05) is 19.9 Å². The molecule has 0 saturated heterocycles. The van der Waals surface area contributed by atoms with Crippen LogP contribution in [-0.2, 0) is 4.79 Å². The second kappa shape index (κ2) is 12.1. The molecule has 2 amide bonds. The molecule has 0 spiro atoms. The second-order valence-corrected chi connectivity index (χ2v) is 8.50. The van der Waals surface area contributed by atoms with E-state index in [0.29, 0.717) is 41.2 Å². The van der Waals surface area contributed by atoms with Crippen LogP contribution in [0.5, 0.6) is 17.2 Å². The highest BCUT2D eigenvalue weighted by Gasteiger charge is 2.17. The lowest BCUT2D eigenvalue weighted by atomic mass is 9.90. The summed E-state index contributed by atoms with van der Waals surface area (Å²) in [7, 11) is 1.48. The van der Waals surface area contributed by atoms with Gasteiger partial charge >= 0.3 is 0 Å². The fourth-order valence-electron chi connectivity index (χ4n) is 3.78. The highest BCUT2D eigenvalue weighted by atomic mass is 16.5. The van der Waals surface area contributed by atoms with E-state index in [9.17, 15) is 9.59 Å². The van der Waals surface area contributed by atoms with Crippen molar-refractivity contribution < 1.29 is 23.8 Å². The summed E-state index contributed by atoms with van der Waals surface area (Å²) < 4.78 is 16.9. The van der Waals surface area contributed by atoms with Crippen LogP contribution in [-0.4, -0.2) is 43.2 Å². The Balaban J connectivity index is 1.63. The predicted octanol–water partition coefficient (Wildman–Crippen LogP) is 4.21. The van der Waals surface area contributed by atoms with E-state index in [-0.39, 0.29) is 24.5 Å². The average molecular weight is 456 g/mol. The van der Waals surface area contributed by atoms with Gasteiger partial charge in [0.25, 0.3) is 11.8 Å². The van der Waals surface area contributed by atoms with Crippen LogP contribution >= 0.6 is 0 Å². The Labute approximate surface area is 195 Å². The van der Waals surface area contributed by atoms with Gasteiger partial charge in [0.2, 0.25) is 0 Å². The van der Waals surface area contributed by atoms with E-state index < -0.39 is 0 Å². The first-order chi connectivity index (χ1) is 16.0. The van der Waals surface area contributed by atoms with Crippen LogP contribution in [0, 0.1) is 5.92 Å². The Morgan fingerprint density at radius 1 is 1.06 bits per heavy atom. The lowest BCUT2D eigenvalue weighted by molar-refractivity contribution is -0.123. The molecule has 1 fully saturated rings. The van der Waals surface area contributed by atoms with Crippen molar-refractivity contribution in [2.75, 3.05) is 25.6 Å². The number of amides is 2. The molecule has 0 radical (unpaired) electrons. The number of benzene rings is 1. The number of methoxy groups -OCH3 is 1. The van der Waals surface area contributed by atoms with Crippen molar-refractivity contribution >= 4 is 17.6 Å². The molecule has 1 aliphatic rings. The van der Waals surface area contributed by atoms with Gasteiger partial charge < -0.3 is 24.8 Å². The van der Waals surface area contributed by atoms with Crippen molar-refractivity contribution in [1.29, 1.82) is 0 Å². The van der Waals surface area contributed by atoms with Crippen molar-refractivity contribution in [2.45, 2.75) is 52.0 Å². The quantitative estimate of drug-likeness (QED) is 0.557. The number of carbonyl (C=O) groups is 2. The summed E-state index contributed by atoms with van der Waals surface area (Å²) >= 11 is 0. The van der Waals surface area contributed by atoms with Gasteiger partial charge in [-0.05, 0) is 62.9 Å². The summed E-state index contributed by atoms with van der Waals surface area (Å²) in [6.07, 6.45) is 7.75. The number of hydrogen-bond acceptors (Lipinski definition) is 6. The highest BCUT2D eigenvalue weighted by molar-refractivity contribution is 6.04. The first-order valence-corrected chi connectivity index (χ1v) is 11.5. The topological polar surface area (TPSA) is 98.8 Å². The van der Waals surface area contributed by atoms with E-state index in [1.165, 1.54) is 39.2 Å². The van der Waals surface area contributed by atoms with Gasteiger partial charge in [0, 0.05) is 17.8 Å². The van der Waals surface area contributed by atoms with Crippen molar-refractivity contribution in [1.82, 2.24) is 10.3 Å². The van der Waals surface area contributed by atoms with Gasteiger partial charge in [0.15, 0.2) is 29.7 Å². The number of ether oxygens (including phenoxy) is 3. The molecule has 33 heavy (non-hydrogen) atoms. The van der Waals surface area contributed by atoms with Gasteiger partial charge in [-0.2, -0.15) is 0 Å². The minimum Gasteiger partial charge on any atom is -0.493 e. The third-order valence-corrected chi connectivity index (χ3v) is 5.44. The molecule has 0 aliphatic heterocycles. The van der Waals surface area contributed by atoms with Gasteiger partial charge in [0.1, 0.15) is 0 Å². The maximum Gasteiger partial charge on any atom is 0.258 e. The average Bonchev–Trinajstić information content (AvgIpc) is 2.82. The minimum atomic E-state index is -0.349. The maximum absolute atomic E-state index is 12.9. The monoisotopic (exact) mass is 455 g/mol. The number of hydrogen-bond donors (Lipinski definition) is 2. The first kappa shape index (κ1) is 24.4. The molecule has 0 unspecified atom stereocenters. The zero-order valence-corrected chi connectivity index (χ0v) is 19.6. The van der Waals surface area contributed by atoms with Gasteiger partial charge in [0.05, 0.1) is 13.7 Å². The largest absolute Gasteiger partial charge is 0.493 e. The van der Waals surface area contributed by atoms with E-state index in [0.717, 1.165) is 0 Å². The van der Waals surface area contributed by atoms with Gasteiger partial charge in [-0.1, -0.05) is 19.3 Å². The zero-order chi connectivity index (χ0) is 23.6. The summed E-state index contributed by atoms with van der Waals surface area (Å²) in [6.45, 7) is 4.23. The molecule has 3 rings (SSSR count). The second-order valence-electron chi connectivity index (χ2n) is 8.50. The summed E-state index contributed by atoms with van der Waals surface area (Å²) in [5, 5.41) is 5.58. The number of carbonyl (C=O) groups excluding carboxylic acids is 2. The molecular formula is C25H33N3O5. The van der Waals surface area contributed by atoms with E-state index >= 15 is 0 Å². The van der Waals surface area contributed by atoms with Crippen LogP contribution in [0.1, 0.15) is 56.3 Å². The van der Waals surface area contributed by atoms with Crippen molar-refractivity contribution in [3.8, 4) is 17.2 Å². The molecule has 1 heterocycles. The van der Waals surface area contributed by atoms with E-state index in [2.05, 4.69) is 15.6 Å². The standard InChI is InChI=1S/C25H33N3O5/c1-17(2)27-23(29)16-33-20-12-11-19(14-22(20)31-3)25(30)28-24-21(10-7-13-26-24)32-15-18-8-5-4-6-9-18/h7,10-14,17-18H,4-6,8-9,15-16H2,1-3H3,(H,27,29)(H,26,28,30). The molecule has 1 aromatic carbocycles. The van der Waals surface area contributed by atoms with E-state index in [1.54, 1.807) is 30.5 Å². The Morgan fingerprint density at radius 2 is 1.85 bits per heavy atom. The zero-order valence-electron chi connectivity index (χ0n) is 19.6. The molecule has 8 heteroatoms. The number of pyridine rings is 1. The molecule has 2 N–H and O–H groups in total. The fraction of sp³-hybridized carbons (Fsp3) is 0.480. The summed E-state index contributed by atoms with van der Waals surface area (Å²) in [5.41, 5.74) is 0.370. The highest BCUT2D eigenvalue weighted by Crippen LogP contribution is 2.30. The van der Waals surface area contributed by atoms with Crippen molar-refractivity contribution in [2.24, 2.45) is 5.92 Å². The SMILES string of the molecule is COc1cc(C(=O)Nc2ncccc2OCC2CCCCC2)ccc1OCC(=O)NC(C)C. The first-order valence-electron chi connectivity index (χ1n) is 11.5. The Kier molecular flexibility index (Phi) is 8.92. The van der Waals surface area contributed by atoms with Gasteiger partial charge in [-0.15, -0.1) is 0 Å². The molecule has 1 aliphatic carbocycles. The fourth-order valence-corrected chi connectivity index (χ4v) is 3.78. The number of aromatic nitrogens is 1. The molecule has 1 saturated carbocycles.